The quantitative estimate of drug-likeness (QED) is 0.582. The molecular weight excluding hydrogens is 298 g/mol. The molecule has 3 rings (SSSR count). The number of hydrogen-bond acceptors (Lipinski definition) is 2. The Morgan fingerprint density at radius 3 is 2.75 bits per heavy atom. The van der Waals surface area contributed by atoms with Gasteiger partial charge in [-0.1, -0.05) is 49.6 Å². The molecule has 0 atom stereocenters. The highest BCUT2D eigenvalue weighted by Crippen LogP contribution is 2.18. The van der Waals surface area contributed by atoms with E-state index in [4.69, 9.17) is 0 Å². The Morgan fingerprint density at radius 2 is 2.00 bits per heavy atom. The summed E-state index contributed by atoms with van der Waals surface area (Å²) in [7, 11) is 0. The van der Waals surface area contributed by atoms with E-state index in [1.807, 2.05) is 24.4 Å². The second kappa shape index (κ2) is 8.52. The van der Waals surface area contributed by atoms with E-state index in [1.165, 1.54) is 32.1 Å². The van der Waals surface area contributed by atoms with Crippen molar-refractivity contribution in [3.05, 3.63) is 42.4 Å². The van der Waals surface area contributed by atoms with E-state index in [-0.39, 0.29) is 0 Å². The number of aromatic nitrogens is 2. The fourth-order valence-electron chi connectivity index (χ4n) is 3.12. The van der Waals surface area contributed by atoms with Gasteiger partial charge in [-0.05, 0) is 25.3 Å². The molecule has 0 saturated heterocycles. The summed E-state index contributed by atoms with van der Waals surface area (Å²) in [5.41, 5.74) is 2.18. The summed E-state index contributed by atoms with van der Waals surface area (Å²) in [6.45, 7) is 3.51. The number of nitrogens with zero attached hydrogens (tertiary/aromatic N) is 2. The molecule has 1 heterocycles. The average Bonchev–Trinajstić information content (AvgIpc) is 3.11. The molecular formula is C19H27N5. The van der Waals surface area contributed by atoms with Crippen molar-refractivity contribution >= 4 is 5.96 Å². The first-order valence-electron chi connectivity index (χ1n) is 8.99. The topological polar surface area (TPSA) is 65.1 Å². The Hall–Kier alpha value is -2.30. The van der Waals surface area contributed by atoms with Gasteiger partial charge in [0.05, 0.1) is 11.9 Å². The number of guanidine groups is 1. The molecule has 5 heteroatoms. The Kier molecular flexibility index (Phi) is 5.88. The smallest absolute Gasteiger partial charge is 0.191 e. The van der Waals surface area contributed by atoms with E-state index < -0.39 is 0 Å². The summed E-state index contributed by atoms with van der Waals surface area (Å²) in [6, 6.07) is 10.8. The molecule has 1 fully saturated rings. The van der Waals surface area contributed by atoms with Gasteiger partial charge in [-0.15, -0.1) is 0 Å². The molecule has 1 saturated carbocycles. The normalized spacial score (nSPS) is 16.1. The first-order valence-corrected chi connectivity index (χ1v) is 8.99. The molecule has 0 unspecified atom stereocenters. The maximum Gasteiger partial charge on any atom is 0.191 e. The van der Waals surface area contributed by atoms with Crippen molar-refractivity contribution in [3.8, 4) is 11.3 Å². The third-order valence-corrected chi connectivity index (χ3v) is 4.39. The number of hydrogen-bond donors (Lipinski definition) is 3. The van der Waals surface area contributed by atoms with Crippen LogP contribution in [0.3, 0.4) is 0 Å². The van der Waals surface area contributed by atoms with Gasteiger partial charge < -0.3 is 15.6 Å². The van der Waals surface area contributed by atoms with Crippen LogP contribution >= 0.6 is 0 Å². The highest BCUT2D eigenvalue weighted by Gasteiger charge is 2.14. The molecule has 0 radical (unpaired) electrons. The minimum atomic E-state index is 0.549. The molecule has 1 aromatic heterocycles. The fourth-order valence-corrected chi connectivity index (χ4v) is 3.12. The van der Waals surface area contributed by atoms with E-state index in [9.17, 15) is 0 Å². The molecule has 24 heavy (non-hydrogen) atoms. The van der Waals surface area contributed by atoms with E-state index in [1.54, 1.807) is 0 Å². The third-order valence-electron chi connectivity index (χ3n) is 4.39. The van der Waals surface area contributed by atoms with Gasteiger partial charge in [-0.2, -0.15) is 0 Å². The summed E-state index contributed by atoms with van der Waals surface area (Å²) in [4.78, 5) is 12.5. The standard InChI is InChI=1S/C19H27N5/c1-2-20-19(23-16-11-7-4-8-12-16)22-14-18-21-13-17(24-18)15-9-5-3-6-10-15/h3,5-6,9-10,13,16H,2,4,7-8,11-12,14H2,1H3,(H,21,24)(H2,20,22,23). The third kappa shape index (κ3) is 4.60. The van der Waals surface area contributed by atoms with Gasteiger partial charge in [0.1, 0.15) is 12.4 Å². The van der Waals surface area contributed by atoms with Crippen LogP contribution in [-0.2, 0) is 6.54 Å². The lowest BCUT2D eigenvalue weighted by Gasteiger charge is -2.24. The van der Waals surface area contributed by atoms with Gasteiger partial charge in [0.25, 0.3) is 0 Å². The Morgan fingerprint density at radius 1 is 1.21 bits per heavy atom. The van der Waals surface area contributed by atoms with Crippen LogP contribution in [0.2, 0.25) is 0 Å². The molecule has 1 aliphatic rings. The highest BCUT2D eigenvalue weighted by atomic mass is 15.2. The SMILES string of the molecule is CCNC(=NCc1ncc(-c2ccccc2)[nH]1)NC1CCCCC1. The number of aromatic amines is 1. The van der Waals surface area contributed by atoms with Crippen molar-refractivity contribution in [2.75, 3.05) is 6.54 Å². The number of benzene rings is 1. The number of rotatable bonds is 5. The zero-order valence-corrected chi connectivity index (χ0v) is 14.4. The number of nitrogens with one attached hydrogen (secondary N) is 3. The zero-order valence-electron chi connectivity index (χ0n) is 14.4. The van der Waals surface area contributed by atoms with Gasteiger partial charge in [0.15, 0.2) is 5.96 Å². The van der Waals surface area contributed by atoms with Gasteiger partial charge >= 0.3 is 0 Å². The van der Waals surface area contributed by atoms with Gasteiger partial charge in [-0.25, -0.2) is 9.98 Å². The van der Waals surface area contributed by atoms with Crippen LogP contribution in [0, 0.1) is 0 Å². The number of H-pyrrole nitrogens is 1. The van der Waals surface area contributed by atoms with Crippen LogP contribution in [0.5, 0.6) is 0 Å². The van der Waals surface area contributed by atoms with Crippen molar-refractivity contribution in [1.82, 2.24) is 20.6 Å². The highest BCUT2D eigenvalue weighted by molar-refractivity contribution is 5.80. The Bertz CT molecular complexity index is 641. The van der Waals surface area contributed by atoms with Crippen LogP contribution in [0.4, 0.5) is 0 Å². The van der Waals surface area contributed by atoms with Crippen molar-refractivity contribution in [3.63, 3.8) is 0 Å². The van der Waals surface area contributed by atoms with E-state index in [0.717, 1.165) is 29.6 Å². The van der Waals surface area contributed by atoms with Crippen molar-refractivity contribution in [2.45, 2.75) is 51.6 Å². The minimum Gasteiger partial charge on any atom is -0.357 e. The number of aliphatic imine (C=N–C) groups is 1. The zero-order chi connectivity index (χ0) is 16.6. The molecule has 2 aromatic rings. The van der Waals surface area contributed by atoms with Crippen molar-refractivity contribution < 1.29 is 0 Å². The molecule has 5 nitrogen and oxygen atoms in total. The molecule has 1 aliphatic carbocycles. The Labute approximate surface area is 144 Å². The van der Waals surface area contributed by atoms with E-state index in [0.29, 0.717) is 12.6 Å². The molecule has 128 valence electrons. The average molecular weight is 325 g/mol. The van der Waals surface area contributed by atoms with E-state index in [2.05, 4.69) is 44.7 Å². The maximum absolute atomic E-state index is 4.69. The predicted molar refractivity (Wildman–Crippen MR) is 98.8 cm³/mol. The summed E-state index contributed by atoms with van der Waals surface area (Å²) in [5.74, 6) is 1.77. The lowest BCUT2D eigenvalue weighted by Crippen LogP contribution is -2.44. The van der Waals surface area contributed by atoms with Gasteiger partial charge in [0, 0.05) is 12.6 Å². The molecule has 0 spiro atoms. The van der Waals surface area contributed by atoms with Crippen LogP contribution < -0.4 is 10.6 Å². The fraction of sp³-hybridized carbons (Fsp3) is 0.474. The summed E-state index contributed by atoms with van der Waals surface area (Å²) < 4.78 is 0. The molecule has 0 amide bonds. The predicted octanol–water partition coefficient (Wildman–Crippen LogP) is 3.46. The van der Waals surface area contributed by atoms with Gasteiger partial charge in [-0.3, -0.25) is 0 Å². The molecule has 3 N–H and O–H groups in total. The van der Waals surface area contributed by atoms with Crippen LogP contribution in [0.1, 0.15) is 44.9 Å². The largest absolute Gasteiger partial charge is 0.357 e. The van der Waals surface area contributed by atoms with Crippen LogP contribution in [0.25, 0.3) is 11.3 Å². The lowest BCUT2D eigenvalue weighted by molar-refractivity contribution is 0.410. The van der Waals surface area contributed by atoms with Crippen LogP contribution in [-0.4, -0.2) is 28.5 Å². The summed E-state index contributed by atoms with van der Waals surface area (Å²) in [5, 5.41) is 6.90. The first kappa shape index (κ1) is 16.6. The van der Waals surface area contributed by atoms with E-state index >= 15 is 0 Å². The van der Waals surface area contributed by atoms with Crippen LogP contribution in [0.15, 0.2) is 41.5 Å². The molecule has 0 bridgehead atoms. The Balaban J connectivity index is 1.62. The second-order valence-electron chi connectivity index (χ2n) is 6.28. The molecule has 0 aliphatic heterocycles. The number of imidazole rings is 1. The minimum absolute atomic E-state index is 0.549. The van der Waals surface area contributed by atoms with Gasteiger partial charge in [0.2, 0.25) is 0 Å². The van der Waals surface area contributed by atoms with Crippen molar-refractivity contribution in [2.24, 2.45) is 4.99 Å². The summed E-state index contributed by atoms with van der Waals surface area (Å²) >= 11 is 0. The molecule has 1 aromatic carbocycles. The lowest BCUT2D eigenvalue weighted by atomic mass is 9.96. The maximum atomic E-state index is 4.69. The van der Waals surface area contributed by atoms with Crippen molar-refractivity contribution in [1.29, 1.82) is 0 Å². The second-order valence-corrected chi connectivity index (χ2v) is 6.28. The first-order chi connectivity index (χ1) is 11.8. The monoisotopic (exact) mass is 325 g/mol. The summed E-state index contributed by atoms with van der Waals surface area (Å²) in [6.07, 6.45) is 8.35.